The lowest BCUT2D eigenvalue weighted by Gasteiger charge is -2.33. The highest BCUT2D eigenvalue weighted by Crippen LogP contribution is 2.16. The van der Waals surface area contributed by atoms with Crippen molar-refractivity contribution in [1.82, 2.24) is 20.2 Å². The van der Waals surface area contributed by atoms with Gasteiger partial charge in [0.15, 0.2) is 0 Å². The Kier molecular flexibility index (Phi) is 5.08. The van der Waals surface area contributed by atoms with Crippen LogP contribution in [-0.4, -0.2) is 54.0 Å². The molecule has 0 unspecified atom stereocenters. The lowest BCUT2D eigenvalue weighted by Crippen LogP contribution is -2.44. The molecular formula is C21H23N5O2. The normalized spacial score (nSPS) is 15.0. The minimum absolute atomic E-state index is 0.273. The van der Waals surface area contributed by atoms with E-state index in [-0.39, 0.29) is 11.5 Å². The molecule has 1 aliphatic heterocycles. The zero-order valence-corrected chi connectivity index (χ0v) is 15.8. The van der Waals surface area contributed by atoms with Crippen molar-refractivity contribution in [2.75, 3.05) is 38.1 Å². The van der Waals surface area contributed by atoms with Gasteiger partial charge in [-0.05, 0) is 24.7 Å². The second kappa shape index (κ2) is 7.82. The van der Waals surface area contributed by atoms with E-state index in [1.807, 2.05) is 30.3 Å². The Hall–Kier alpha value is -3.19. The Bertz CT molecular complexity index is 1040. The van der Waals surface area contributed by atoms with Crippen LogP contribution in [0.4, 0.5) is 5.82 Å². The fraction of sp³-hybridized carbons (Fsp3) is 0.286. The van der Waals surface area contributed by atoms with Gasteiger partial charge in [0, 0.05) is 55.9 Å². The summed E-state index contributed by atoms with van der Waals surface area (Å²) in [5.74, 6) is 0.689. The molecule has 28 heavy (non-hydrogen) atoms. The molecule has 0 radical (unpaired) electrons. The number of benzene rings is 1. The third-order valence-corrected chi connectivity index (χ3v) is 5.08. The lowest BCUT2D eigenvalue weighted by molar-refractivity contribution is 0.0952. The van der Waals surface area contributed by atoms with E-state index in [0.29, 0.717) is 17.6 Å². The van der Waals surface area contributed by atoms with E-state index in [2.05, 4.69) is 32.1 Å². The van der Waals surface area contributed by atoms with Crippen LogP contribution in [0.15, 0.2) is 53.5 Å². The van der Waals surface area contributed by atoms with Crippen LogP contribution in [-0.2, 0) is 6.54 Å². The minimum atomic E-state index is -0.290. The van der Waals surface area contributed by atoms with Gasteiger partial charge in [0.1, 0.15) is 5.82 Å². The number of carbonyl (C=O) groups excluding carboxylic acids is 1. The first-order valence-corrected chi connectivity index (χ1v) is 9.39. The average Bonchev–Trinajstić information content (AvgIpc) is 2.72. The predicted octanol–water partition coefficient (Wildman–Crippen LogP) is 1.60. The molecular weight excluding hydrogens is 354 g/mol. The maximum absolute atomic E-state index is 12.6. The molecule has 0 bridgehead atoms. The molecule has 1 saturated heterocycles. The standard InChI is InChI=1S/C21H23N5O2/c1-25-8-10-26(11-9-25)19-7-6-15(13-22-19)14-23-21(28)17-12-20(27)24-18-5-3-2-4-16(17)18/h2-7,12-13H,8-11,14H2,1H3,(H,23,28)(H,24,27). The Labute approximate surface area is 163 Å². The Morgan fingerprint density at radius 3 is 2.68 bits per heavy atom. The fourth-order valence-electron chi connectivity index (χ4n) is 3.41. The highest BCUT2D eigenvalue weighted by molar-refractivity contribution is 6.05. The van der Waals surface area contributed by atoms with Gasteiger partial charge in [-0.1, -0.05) is 24.3 Å². The second-order valence-electron chi connectivity index (χ2n) is 7.09. The minimum Gasteiger partial charge on any atom is -0.354 e. The number of carbonyl (C=O) groups is 1. The lowest BCUT2D eigenvalue weighted by atomic mass is 10.1. The molecule has 0 atom stereocenters. The molecule has 144 valence electrons. The van der Waals surface area contributed by atoms with Crippen molar-refractivity contribution in [3.63, 3.8) is 0 Å². The molecule has 4 rings (SSSR count). The first kappa shape index (κ1) is 18.2. The molecule has 1 fully saturated rings. The monoisotopic (exact) mass is 377 g/mol. The summed E-state index contributed by atoms with van der Waals surface area (Å²) in [6.07, 6.45) is 1.80. The maximum atomic E-state index is 12.6. The second-order valence-corrected chi connectivity index (χ2v) is 7.09. The van der Waals surface area contributed by atoms with E-state index in [0.717, 1.165) is 42.9 Å². The number of amides is 1. The molecule has 2 aromatic heterocycles. The van der Waals surface area contributed by atoms with E-state index in [1.165, 1.54) is 6.07 Å². The van der Waals surface area contributed by atoms with E-state index in [1.54, 1.807) is 12.3 Å². The van der Waals surface area contributed by atoms with Crippen LogP contribution in [0.25, 0.3) is 10.9 Å². The Morgan fingerprint density at radius 2 is 1.93 bits per heavy atom. The molecule has 0 spiro atoms. The largest absolute Gasteiger partial charge is 0.354 e. The molecule has 0 saturated carbocycles. The number of likely N-dealkylation sites (N-methyl/N-ethyl adjacent to an activating group) is 1. The first-order valence-electron chi connectivity index (χ1n) is 9.39. The SMILES string of the molecule is CN1CCN(c2ccc(CNC(=O)c3cc(=O)[nH]c4ccccc34)cn2)CC1. The number of hydrogen-bond donors (Lipinski definition) is 2. The number of fused-ring (bicyclic) bond motifs is 1. The van der Waals surface area contributed by atoms with Crippen molar-refractivity contribution in [3.8, 4) is 0 Å². The van der Waals surface area contributed by atoms with Gasteiger partial charge in [-0.15, -0.1) is 0 Å². The van der Waals surface area contributed by atoms with Crippen LogP contribution in [0.2, 0.25) is 0 Å². The molecule has 0 aliphatic carbocycles. The summed E-state index contributed by atoms with van der Waals surface area (Å²) in [5.41, 5.74) is 1.65. The number of nitrogens with one attached hydrogen (secondary N) is 2. The molecule has 3 aromatic rings. The summed E-state index contributed by atoms with van der Waals surface area (Å²) < 4.78 is 0. The van der Waals surface area contributed by atoms with Crippen LogP contribution in [0.5, 0.6) is 0 Å². The number of aromatic nitrogens is 2. The van der Waals surface area contributed by atoms with Gasteiger partial charge in [-0.3, -0.25) is 9.59 Å². The summed E-state index contributed by atoms with van der Waals surface area (Å²) in [6, 6.07) is 12.6. The third-order valence-electron chi connectivity index (χ3n) is 5.08. The summed E-state index contributed by atoms with van der Waals surface area (Å²) in [4.78, 5) is 36.3. The first-order chi connectivity index (χ1) is 13.6. The number of anilines is 1. The molecule has 2 N–H and O–H groups in total. The van der Waals surface area contributed by atoms with Crippen molar-refractivity contribution in [2.24, 2.45) is 0 Å². The molecule has 1 aliphatic rings. The Morgan fingerprint density at radius 1 is 1.14 bits per heavy atom. The number of piperazine rings is 1. The summed E-state index contributed by atoms with van der Waals surface area (Å²) in [6.45, 7) is 4.35. The Balaban J connectivity index is 1.43. The summed E-state index contributed by atoms with van der Waals surface area (Å²) in [7, 11) is 2.13. The van der Waals surface area contributed by atoms with Crippen molar-refractivity contribution in [1.29, 1.82) is 0 Å². The summed E-state index contributed by atoms with van der Waals surface area (Å²) >= 11 is 0. The molecule has 7 heteroatoms. The maximum Gasteiger partial charge on any atom is 0.252 e. The zero-order chi connectivity index (χ0) is 19.5. The van der Waals surface area contributed by atoms with Gasteiger partial charge in [0.25, 0.3) is 5.91 Å². The van der Waals surface area contributed by atoms with E-state index >= 15 is 0 Å². The number of pyridine rings is 2. The number of para-hydroxylation sites is 1. The highest BCUT2D eigenvalue weighted by Gasteiger charge is 2.15. The molecule has 1 aromatic carbocycles. The van der Waals surface area contributed by atoms with E-state index in [9.17, 15) is 9.59 Å². The van der Waals surface area contributed by atoms with E-state index < -0.39 is 0 Å². The molecule has 3 heterocycles. The molecule has 7 nitrogen and oxygen atoms in total. The topological polar surface area (TPSA) is 81.3 Å². The number of hydrogen-bond acceptors (Lipinski definition) is 5. The smallest absolute Gasteiger partial charge is 0.252 e. The van der Waals surface area contributed by atoms with Crippen molar-refractivity contribution in [2.45, 2.75) is 6.54 Å². The quantitative estimate of drug-likeness (QED) is 0.722. The average molecular weight is 377 g/mol. The van der Waals surface area contributed by atoms with Gasteiger partial charge in [-0.2, -0.15) is 0 Å². The van der Waals surface area contributed by atoms with Crippen molar-refractivity contribution < 1.29 is 4.79 Å². The fourth-order valence-corrected chi connectivity index (χ4v) is 3.41. The van der Waals surface area contributed by atoms with Crippen LogP contribution < -0.4 is 15.8 Å². The van der Waals surface area contributed by atoms with Crippen LogP contribution >= 0.6 is 0 Å². The number of H-pyrrole nitrogens is 1. The number of nitrogens with zero attached hydrogens (tertiary/aromatic N) is 3. The summed E-state index contributed by atoms with van der Waals surface area (Å²) in [5, 5.41) is 3.61. The van der Waals surface area contributed by atoms with Gasteiger partial charge < -0.3 is 20.1 Å². The van der Waals surface area contributed by atoms with Gasteiger partial charge in [-0.25, -0.2) is 4.98 Å². The molecule has 1 amide bonds. The van der Waals surface area contributed by atoms with Crippen LogP contribution in [0.3, 0.4) is 0 Å². The van der Waals surface area contributed by atoms with Crippen molar-refractivity contribution >= 4 is 22.6 Å². The third kappa shape index (κ3) is 3.89. The van der Waals surface area contributed by atoms with Gasteiger partial charge >= 0.3 is 0 Å². The zero-order valence-electron chi connectivity index (χ0n) is 15.8. The van der Waals surface area contributed by atoms with Crippen molar-refractivity contribution in [3.05, 3.63) is 70.1 Å². The van der Waals surface area contributed by atoms with Crippen LogP contribution in [0, 0.1) is 0 Å². The number of rotatable bonds is 4. The predicted molar refractivity (Wildman–Crippen MR) is 110 cm³/mol. The van der Waals surface area contributed by atoms with E-state index in [4.69, 9.17) is 0 Å². The highest BCUT2D eigenvalue weighted by atomic mass is 16.2. The van der Waals surface area contributed by atoms with Gasteiger partial charge in [0.05, 0.1) is 5.56 Å². The van der Waals surface area contributed by atoms with Gasteiger partial charge in [0.2, 0.25) is 5.56 Å². The number of aromatic amines is 1. The van der Waals surface area contributed by atoms with Crippen LogP contribution in [0.1, 0.15) is 15.9 Å².